The van der Waals surface area contributed by atoms with E-state index >= 15 is 0 Å². The van der Waals surface area contributed by atoms with E-state index in [4.69, 9.17) is 5.10 Å². The van der Waals surface area contributed by atoms with Crippen molar-refractivity contribution in [3.63, 3.8) is 0 Å². The van der Waals surface area contributed by atoms with Crippen molar-refractivity contribution < 1.29 is 9.59 Å². The summed E-state index contributed by atoms with van der Waals surface area (Å²) in [4.78, 5) is 22.8. The second-order valence-corrected chi connectivity index (χ2v) is 10.7. The number of hydrazone groups is 1. The third-order valence-corrected chi connectivity index (χ3v) is 8.03. The van der Waals surface area contributed by atoms with E-state index in [1.807, 2.05) is 17.8 Å². The first-order chi connectivity index (χ1) is 15.7. The fourth-order valence-corrected chi connectivity index (χ4v) is 6.17. The van der Waals surface area contributed by atoms with E-state index in [2.05, 4.69) is 48.4 Å². The average molecular weight is 478 g/mol. The van der Waals surface area contributed by atoms with Gasteiger partial charge in [0.15, 0.2) is 5.17 Å². The lowest BCUT2D eigenvalue weighted by Gasteiger charge is -2.31. The fraction of sp³-hybridized carbons (Fsp3) is 0.640. The number of amidine groups is 1. The van der Waals surface area contributed by atoms with Gasteiger partial charge in [0.05, 0.1) is 0 Å². The zero-order chi connectivity index (χ0) is 23.0. The summed E-state index contributed by atoms with van der Waals surface area (Å²) in [6.45, 7) is 4.49. The third kappa shape index (κ3) is 9.99. The topological polar surface area (TPSA) is 61.8 Å². The Bertz CT molecular complexity index is 700. The van der Waals surface area contributed by atoms with E-state index in [1.165, 1.54) is 50.5 Å². The Kier molecular flexibility index (Phi) is 13.5. The zero-order valence-corrected chi connectivity index (χ0v) is 21.3. The highest BCUT2D eigenvalue weighted by Crippen LogP contribution is 2.39. The molecule has 32 heavy (non-hydrogen) atoms. The van der Waals surface area contributed by atoms with Crippen LogP contribution in [0.5, 0.6) is 0 Å². The van der Waals surface area contributed by atoms with Crippen molar-refractivity contribution in [1.82, 2.24) is 10.3 Å². The SMILES string of the molecule is CCCCCCCC(CCCC)N1N=C(NC(=O)CCC=O)SC1SCc1ccccc1. The quantitative estimate of drug-likeness (QED) is 0.216. The number of nitrogens with zero attached hydrogens (tertiary/aromatic N) is 2. The molecule has 0 fully saturated rings. The first-order valence-electron chi connectivity index (χ1n) is 12.1. The van der Waals surface area contributed by atoms with Crippen LogP contribution in [0, 0.1) is 0 Å². The van der Waals surface area contributed by atoms with Gasteiger partial charge >= 0.3 is 0 Å². The molecule has 2 rings (SSSR count). The Morgan fingerprint density at radius 2 is 1.84 bits per heavy atom. The number of carbonyl (C=O) groups is 2. The van der Waals surface area contributed by atoms with Gasteiger partial charge in [-0.1, -0.05) is 89.1 Å². The van der Waals surface area contributed by atoms with Crippen LogP contribution in [0.2, 0.25) is 0 Å². The van der Waals surface area contributed by atoms with E-state index in [1.54, 1.807) is 11.8 Å². The van der Waals surface area contributed by atoms with Crippen molar-refractivity contribution in [1.29, 1.82) is 0 Å². The molecule has 2 atom stereocenters. The molecule has 1 aromatic rings. The Morgan fingerprint density at radius 3 is 2.56 bits per heavy atom. The van der Waals surface area contributed by atoms with Gasteiger partial charge in [0.25, 0.3) is 0 Å². The number of nitrogens with one attached hydrogen (secondary N) is 1. The highest BCUT2D eigenvalue weighted by molar-refractivity contribution is 8.24. The molecule has 0 saturated carbocycles. The third-order valence-electron chi connectivity index (χ3n) is 5.51. The van der Waals surface area contributed by atoms with Crippen molar-refractivity contribution >= 4 is 40.9 Å². The predicted molar refractivity (Wildman–Crippen MR) is 139 cm³/mol. The lowest BCUT2D eigenvalue weighted by molar-refractivity contribution is -0.121. The van der Waals surface area contributed by atoms with E-state index in [0.29, 0.717) is 11.2 Å². The number of amides is 1. The Labute approximate surface area is 202 Å². The van der Waals surface area contributed by atoms with Crippen LogP contribution in [0.4, 0.5) is 0 Å². The second-order valence-electron chi connectivity index (χ2n) is 8.26. The van der Waals surface area contributed by atoms with Gasteiger partial charge in [-0.15, -0.1) is 16.9 Å². The molecule has 1 aliphatic rings. The summed E-state index contributed by atoms with van der Waals surface area (Å²) in [5.74, 6) is 0.773. The summed E-state index contributed by atoms with van der Waals surface area (Å²) < 4.78 is 0.147. The van der Waals surface area contributed by atoms with Crippen molar-refractivity contribution in [2.24, 2.45) is 5.10 Å². The average Bonchev–Trinajstić information content (AvgIpc) is 3.21. The van der Waals surface area contributed by atoms with E-state index in [0.717, 1.165) is 24.9 Å². The molecule has 1 heterocycles. The maximum absolute atomic E-state index is 12.2. The molecular weight excluding hydrogens is 438 g/mol. The number of hydrogen-bond acceptors (Lipinski definition) is 6. The van der Waals surface area contributed by atoms with Crippen molar-refractivity contribution in [2.45, 2.75) is 101 Å². The van der Waals surface area contributed by atoms with E-state index in [9.17, 15) is 9.59 Å². The zero-order valence-electron chi connectivity index (χ0n) is 19.6. The molecule has 1 aliphatic heterocycles. The smallest absolute Gasteiger partial charge is 0.226 e. The van der Waals surface area contributed by atoms with Crippen molar-refractivity contribution in [2.75, 3.05) is 0 Å². The van der Waals surface area contributed by atoms with Crippen LogP contribution >= 0.6 is 23.5 Å². The largest absolute Gasteiger partial charge is 0.304 e. The predicted octanol–water partition coefficient (Wildman–Crippen LogP) is 6.54. The standard InChI is InChI=1S/C25H39N3O2S2/c1-3-5-7-8-12-17-22(16-6-4-2)28-25(31-20-21-14-10-9-11-15-21)32-24(27-28)26-23(30)18-13-19-29/h9-11,14-15,19,22,25H,3-8,12-13,16-18,20H2,1-2H3,(H,26,27,30). The van der Waals surface area contributed by atoms with Gasteiger partial charge < -0.3 is 10.1 Å². The first kappa shape index (κ1) is 26.8. The highest BCUT2D eigenvalue weighted by Gasteiger charge is 2.33. The number of benzene rings is 1. The maximum Gasteiger partial charge on any atom is 0.226 e. The van der Waals surface area contributed by atoms with Crippen LogP contribution in [0.1, 0.15) is 90.0 Å². The lowest BCUT2D eigenvalue weighted by Crippen LogP contribution is -2.34. The summed E-state index contributed by atoms with van der Waals surface area (Å²) in [5, 5.41) is 10.7. The molecule has 0 aliphatic carbocycles. The summed E-state index contributed by atoms with van der Waals surface area (Å²) in [7, 11) is 0. The molecular formula is C25H39N3O2S2. The van der Waals surface area contributed by atoms with Crippen molar-refractivity contribution in [3.8, 4) is 0 Å². The number of unbranched alkanes of at least 4 members (excludes halogenated alkanes) is 5. The fourth-order valence-electron chi connectivity index (χ4n) is 3.69. The lowest BCUT2D eigenvalue weighted by atomic mass is 10.0. The summed E-state index contributed by atoms with van der Waals surface area (Å²) in [6.07, 6.45) is 12.2. The Hall–Kier alpha value is -1.47. The second kappa shape index (κ2) is 16.2. The van der Waals surface area contributed by atoms with E-state index in [-0.39, 0.29) is 23.5 Å². The van der Waals surface area contributed by atoms with Crippen LogP contribution in [0.25, 0.3) is 0 Å². The molecule has 0 spiro atoms. The molecule has 5 nitrogen and oxygen atoms in total. The molecule has 1 amide bonds. The van der Waals surface area contributed by atoms with Crippen LogP contribution in [0.3, 0.4) is 0 Å². The first-order valence-corrected chi connectivity index (χ1v) is 14.0. The minimum Gasteiger partial charge on any atom is -0.304 e. The number of thioether (sulfide) groups is 2. The normalized spacial score (nSPS) is 16.6. The number of aldehydes is 1. The van der Waals surface area contributed by atoms with Gasteiger partial charge in [-0.05, 0) is 30.2 Å². The Morgan fingerprint density at radius 1 is 1.12 bits per heavy atom. The Balaban J connectivity index is 2.05. The molecule has 0 aromatic heterocycles. The van der Waals surface area contributed by atoms with Gasteiger partial charge in [0.1, 0.15) is 11.0 Å². The number of rotatable bonds is 16. The van der Waals surface area contributed by atoms with Gasteiger partial charge in [-0.25, -0.2) is 0 Å². The molecule has 2 unspecified atom stereocenters. The van der Waals surface area contributed by atoms with Crippen LogP contribution in [0.15, 0.2) is 35.4 Å². The molecule has 0 radical (unpaired) electrons. The van der Waals surface area contributed by atoms with Gasteiger partial charge in [0, 0.05) is 24.6 Å². The minimum absolute atomic E-state index is 0.137. The maximum atomic E-state index is 12.2. The number of carbonyl (C=O) groups excluding carboxylic acids is 2. The van der Waals surface area contributed by atoms with Crippen LogP contribution in [-0.4, -0.2) is 33.1 Å². The highest BCUT2D eigenvalue weighted by atomic mass is 32.2. The van der Waals surface area contributed by atoms with Crippen LogP contribution < -0.4 is 5.32 Å². The summed E-state index contributed by atoms with van der Waals surface area (Å²) in [5.41, 5.74) is 1.30. The van der Waals surface area contributed by atoms with Crippen LogP contribution in [-0.2, 0) is 15.3 Å². The van der Waals surface area contributed by atoms with Crippen molar-refractivity contribution in [3.05, 3.63) is 35.9 Å². The molecule has 0 bridgehead atoms. The van der Waals surface area contributed by atoms with Gasteiger partial charge in [0.2, 0.25) is 5.91 Å². The molecule has 0 saturated heterocycles. The molecule has 1 aromatic carbocycles. The summed E-state index contributed by atoms with van der Waals surface area (Å²) >= 11 is 3.50. The summed E-state index contributed by atoms with van der Waals surface area (Å²) in [6, 6.07) is 10.9. The molecule has 1 N–H and O–H groups in total. The van der Waals surface area contributed by atoms with E-state index < -0.39 is 0 Å². The minimum atomic E-state index is -0.137. The molecule has 7 heteroatoms. The van der Waals surface area contributed by atoms with Gasteiger partial charge in [-0.2, -0.15) is 0 Å². The molecule has 178 valence electrons. The van der Waals surface area contributed by atoms with Gasteiger partial charge in [-0.3, -0.25) is 9.80 Å². The number of hydrogen-bond donors (Lipinski definition) is 1. The monoisotopic (exact) mass is 477 g/mol.